The molecule has 5 rings (SSSR count). The van der Waals surface area contributed by atoms with E-state index >= 15 is 0 Å². The van der Waals surface area contributed by atoms with E-state index in [4.69, 9.17) is 14.0 Å². The third kappa shape index (κ3) is 5.87. The molecule has 2 fully saturated rings. The number of hydrogen-bond acceptors (Lipinski definition) is 7. The molecule has 1 atom stereocenters. The predicted molar refractivity (Wildman–Crippen MR) is 148 cm³/mol. The van der Waals surface area contributed by atoms with Crippen molar-refractivity contribution in [3.05, 3.63) is 65.7 Å². The Balaban J connectivity index is 1.51. The number of methoxy groups -OCH3 is 1. The van der Waals surface area contributed by atoms with Gasteiger partial charge in [0, 0.05) is 44.3 Å². The zero-order valence-corrected chi connectivity index (χ0v) is 22.5. The summed E-state index contributed by atoms with van der Waals surface area (Å²) in [5.41, 5.74) is 3.29. The zero-order valence-electron chi connectivity index (χ0n) is 22.5. The summed E-state index contributed by atoms with van der Waals surface area (Å²) in [7, 11) is 1.60. The van der Waals surface area contributed by atoms with E-state index in [1.165, 1.54) is 6.42 Å². The maximum absolute atomic E-state index is 14.1. The van der Waals surface area contributed by atoms with Crippen molar-refractivity contribution in [1.82, 2.24) is 15.0 Å². The van der Waals surface area contributed by atoms with Gasteiger partial charge in [0.25, 0.3) is 5.91 Å². The van der Waals surface area contributed by atoms with Crippen molar-refractivity contribution in [3.8, 4) is 17.0 Å². The van der Waals surface area contributed by atoms with Gasteiger partial charge in [-0.1, -0.05) is 47.6 Å². The Bertz CT molecular complexity index is 1190. The molecular formula is C30H38N4O4. The van der Waals surface area contributed by atoms with E-state index < -0.39 is 0 Å². The lowest BCUT2D eigenvalue weighted by molar-refractivity contribution is 0.0320. The Morgan fingerprint density at radius 3 is 2.58 bits per heavy atom. The third-order valence-corrected chi connectivity index (χ3v) is 7.64. The van der Waals surface area contributed by atoms with Crippen molar-refractivity contribution in [2.24, 2.45) is 0 Å². The monoisotopic (exact) mass is 518 g/mol. The lowest BCUT2D eigenvalue weighted by Gasteiger charge is -2.34. The minimum absolute atomic E-state index is 0.0615. The average molecular weight is 519 g/mol. The van der Waals surface area contributed by atoms with Gasteiger partial charge >= 0.3 is 0 Å². The number of aromatic nitrogens is 1. The first-order valence-electron chi connectivity index (χ1n) is 13.7. The molecule has 2 aliphatic heterocycles. The summed E-state index contributed by atoms with van der Waals surface area (Å²) >= 11 is 0. The molecule has 2 aliphatic rings. The molecule has 3 heterocycles. The molecular weight excluding hydrogens is 480 g/mol. The third-order valence-electron chi connectivity index (χ3n) is 7.64. The quantitative estimate of drug-likeness (QED) is 0.407. The molecule has 1 amide bonds. The van der Waals surface area contributed by atoms with Crippen molar-refractivity contribution in [1.29, 1.82) is 0 Å². The number of piperidine rings is 1. The summed E-state index contributed by atoms with van der Waals surface area (Å²) in [6.07, 6.45) is 3.44. The molecule has 0 aliphatic carbocycles. The maximum Gasteiger partial charge on any atom is 0.257 e. The molecule has 0 spiro atoms. The van der Waals surface area contributed by atoms with Crippen LogP contribution in [0.3, 0.4) is 0 Å². The number of amides is 1. The fourth-order valence-electron chi connectivity index (χ4n) is 5.41. The maximum atomic E-state index is 14.1. The summed E-state index contributed by atoms with van der Waals surface area (Å²) in [4.78, 5) is 20.7. The van der Waals surface area contributed by atoms with Crippen molar-refractivity contribution < 1.29 is 18.8 Å². The first kappa shape index (κ1) is 26.3. The van der Waals surface area contributed by atoms with Gasteiger partial charge in [0.05, 0.1) is 38.0 Å². The number of hydrogen-bond donors (Lipinski definition) is 0. The summed E-state index contributed by atoms with van der Waals surface area (Å²) in [5, 5.41) is 4.56. The second-order valence-corrected chi connectivity index (χ2v) is 10.1. The lowest BCUT2D eigenvalue weighted by atomic mass is 10.0. The first-order valence-corrected chi connectivity index (χ1v) is 13.7. The normalized spacial score (nSPS) is 18.4. The van der Waals surface area contributed by atoms with Crippen LogP contribution >= 0.6 is 0 Å². The predicted octanol–water partition coefficient (Wildman–Crippen LogP) is 4.70. The van der Waals surface area contributed by atoms with Crippen LogP contribution in [0.1, 0.15) is 42.1 Å². The van der Waals surface area contributed by atoms with E-state index in [2.05, 4.69) is 21.9 Å². The van der Waals surface area contributed by atoms with Crippen molar-refractivity contribution in [3.63, 3.8) is 0 Å². The van der Waals surface area contributed by atoms with Crippen LogP contribution in [-0.2, 0) is 11.3 Å². The topological polar surface area (TPSA) is 71.3 Å². The van der Waals surface area contributed by atoms with Gasteiger partial charge in [-0.05, 0) is 38.3 Å². The molecule has 38 heavy (non-hydrogen) atoms. The fourth-order valence-corrected chi connectivity index (χ4v) is 5.41. The van der Waals surface area contributed by atoms with Crippen LogP contribution in [0.25, 0.3) is 11.3 Å². The minimum atomic E-state index is -0.0615. The van der Waals surface area contributed by atoms with Gasteiger partial charge in [-0.2, -0.15) is 0 Å². The van der Waals surface area contributed by atoms with E-state index in [1.807, 2.05) is 59.5 Å². The number of carbonyl (C=O) groups excluding carboxylic acids is 1. The summed E-state index contributed by atoms with van der Waals surface area (Å²) in [6.45, 7) is 8.09. The van der Waals surface area contributed by atoms with Gasteiger partial charge in [-0.25, -0.2) is 0 Å². The van der Waals surface area contributed by atoms with Crippen molar-refractivity contribution in [2.45, 2.75) is 38.8 Å². The van der Waals surface area contributed by atoms with Crippen LogP contribution < -0.4 is 9.64 Å². The number of morpholine rings is 1. The largest absolute Gasteiger partial charge is 0.496 e. The summed E-state index contributed by atoms with van der Waals surface area (Å²) in [6, 6.07) is 17.9. The highest BCUT2D eigenvalue weighted by atomic mass is 16.5. The number of anilines is 1. The van der Waals surface area contributed by atoms with Gasteiger partial charge in [0.1, 0.15) is 11.4 Å². The van der Waals surface area contributed by atoms with Gasteiger partial charge in [-0.3, -0.25) is 9.69 Å². The molecule has 3 aromatic rings. The molecule has 2 aromatic carbocycles. The van der Waals surface area contributed by atoms with Crippen LogP contribution in [0.2, 0.25) is 0 Å². The van der Waals surface area contributed by atoms with Gasteiger partial charge < -0.3 is 23.8 Å². The summed E-state index contributed by atoms with van der Waals surface area (Å²) < 4.78 is 17.2. The second kappa shape index (κ2) is 12.5. The Hall–Kier alpha value is -3.36. The highest BCUT2D eigenvalue weighted by Gasteiger charge is 2.30. The molecule has 0 N–H and O–H groups in total. The van der Waals surface area contributed by atoms with Gasteiger partial charge in [0.2, 0.25) is 5.88 Å². The van der Waals surface area contributed by atoms with Crippen LogP contribution in [0.15, 0.2) is 59.1 Å². The Labute approximate surface area is 225 Å². The lowest BCUT2D eigenvalue weighted by Crippen LogP contribution is -2.43. The Morgan fingerprint density at radius 1 is 1.05 bits per heavy atom. The molecule has 0 unspecified atom stereocenters. The van der Waals surface area contributed by atoms with Crippen LogP contribution in [0.5, 0.6) is 5.75 Å². The van der Waals surface area contributed by atoms with E-state index in [0.717, 1.165) is 74.9 Å². The van der Waals surface area contributed by atoms with Gasteiger partial charge in [0.15, 0.2) is 0 Å². The first-order chi connectivity index (χ1) is 18.7. The van der Waals surface area contributed by atoms with Crippen molar-refractivity contribution >= 4 is 11.8 Å². The average Bonchev–Trinajstić information content (AvgIpc) is 3.39. The van der Waals surface area contributed by atoms with Crippen LogP contribution in [0.4, 0.5) is 5.88 Å². The van der Waals surface area contributed by atoms with Crippen LogP contribution in [0, 0.1) is 0 Å². The van der Waals surface area contributed by atoms with Gasteiger partial charge in [-0.15, -0.1) is 0 Å². The van der Waals surface area contributed by atoms with Crippen molar-refractivity contribution in [2.75, 3.05) is 57.9 Å². The minimum Gasteiger partial charge on any atom is -0.496 e. The standard InChI is InChI=1S/C30H38N4O4/c1-23-10-8-9-15-34(23)30-26(28(31-38-30)24-11-4-3-5-12-24)22-33(17-16-32-18-20-37-21-19-32)29(35)25-13-6-7-14-27(25)36-2/h3-7,11-14,23H,8-10,15-22H2,1-2H3/t23-/m1/s1. The molecule has 8 heteroatoms. The number of ether oxygens (including phenoxy) is 2. The summed E-state index contributed by atoms with van der Waals surface area (Å²) in [5.74, 6) is 1.29. The number of nitrogens with zero attached hydrogens (tertiary/aromatic N) is 4. The molecule has 8 nitrogen and oxygen atoms in total. The molecule has 1 aromatic heterocycles. The van der Waals surface area contributed by atoms with E-state index in [-0.39, 0.29) is 5.91 Å². The zero-order chi connectivity index (χ0) is 26.3. The molecule has 0 bridgehead atoms. The van der Waals surface area contributed by atoms with Crippen LogP contribution in [-0.4, -0.2) is 80.0 Å². The number of carbonyl (C=O) groups is 1. The Kier molecular flexibility index (Phi) is 8.61. The molecule has 202 valence electrons. The number of benzene rings is 2. The number of rotatable bonds is 9. The molecule has 0 saturated carbocycles. The smallest absolute Gasteiger partial charge is 0.257 e. The highest BCUT2D eigenvalue weighted by molar-refractivity contribution is 5.97. The SMILES string of the molecule is COc1ccccc1C(=O)N(CCN1CCOCC1)Cc1c(-c2ccccc2)noc1N1CCCC[C@H]1C. The highest BCUT2D eigenvalue weighted by Crippen LogP contribution is 2.36. The van der Waals surface area contributed by atoms with E-state index in [9.17, 15) is 4.79 Å². The fraction of sp³-hybridized carbons (Fsp3) is 0.467. The molecule has 2 saturated heterocycles. The van der Waals surface area contributed by atoms with E-state index in [1.54, 1.807) is 7.11 Å². The van der Waals surface area contributed by atoms with E-state index in [0.29, 0.717) is 30.4 Å². The molecule has 0 radical (unpaired) electrons. The number of para-hydroxylation sites is 1. The second-order valence-electron chi connectivity index (χ2n) is 10.1. The Morgan fingerprint density at radius 2 is 1.82 bits per heavy atom.